The molecule has 2 rings (SSSR count). The number of hydrogen-bond acceptors (Lipinski definition) is 4. The molecule has 0 aromatic carbocycles. The molecule has 6 nitrogen and oxygen atoms in total. The Balaban J connectivity index is 1.54. The van der Waals surface area contributed by atoms with E-state index in [1.54, 1.807) is 12.4 Å². The highest BCUT2D eigenvalue weighted by Crippen LogP contribution is 2.17. The van der Waals surface area contributed by atoms with E-state index in [1.165, 1.54) is 0 Å². The number of H-pyrrole nitrogens is 1. The summed E-state index contributed by atoms with van der Waals surface area (Å²) in [7, 11) is 0. The minimum absolute atomic E-state index is 0.282. The van der Waals surface area contributed by atoms with Crippen molar-refractivity contribution in [2.24, 2.45) is 0 Å². The van der Waals surface area contributed by atoms with Crippen molar-refractivity contribution in [2.75, 3.05) is 6.61 Å². The molecule has 124 valence electrons. The molecule has 0 aliphatic carbocycles. The van der Waals surface area contributed by atoms with Crippen molar-refractivity contribution < 1.29 is 14.6 Å². The van der Waals surface area contributed by atoms with Crippen LogP contribution >= 0.6 is 0 Å². The van der Waals surface area contributed by atoms with Gasteiger partial charge in [-0.15, -0.1) is 0 Å². The van der Waals surface area contributed by atoms with Crippen LogP contribution in [0.3, 0.4) is 0 Å². The predicted molar refractivity (Wildman–Crippen MR) is 87.3 cm³/mol. The number of pyridine rings is 1. The third-order valence-electron chi connectivity index (χ3n) is 3.57. The Morgan fingerprint density at radius 2 is 1.87 bits per heavy atom. The Morgan fingerprint density at radius 3 is 2.52 bits per heavy atom. The summed E-state index contributed by atoms with van der Waals surface area (Å²) in [6.07, 6.45) is 9.80. The second-order valence-corrected chi connectivity index (χ2v) is 5.46. The van der Waals surface area contributed by atoms with Gasteiger partial charge in [-0.2, -0.15) is 5.10 Å². The molecule has 0 unspecified atom stereocenters. The lowest BCUT2D eigenvalue weighted by Gasteiger charge is -2.06. The van der Waals surface area contributed by atoms with E-state index in [0.717, 1.165) is 55.7 Å². The van der Waals surface area contributed by atoms with E-state index in [0.29, 0.717) is 6.61 Å². The van der Waals surface area contributed by atoms with Crippen molar-refractivity contribution in [3.63, 3.8) is 0 Å². The third-order valence-corrected chi connectivity index (χ3v) is 3.57. The molecule has 0 saturated heterocycles. The van der Waals surface area contributed by atoms with Gasteiger partial charge in [0.1, 0.15) is 5.75 Å². The van der Waals surface area contributed by atoms with Crippen LogP contribution in [-0.4, -0.2) is 32.9 Å². The summed E-state index contributed by atoms with van der Waals surface area (Å²) >= 11 is 0. The van der Waals surface area contributed by atoms with Crippen LogP contribution in [0, 0.1) is 0 Å². The van der Waals surface area contributed by atoms with Gasteiger partial charge in [0, 0.05) is 12.6 Å². The zero-order chi connectivity index (χ0) is 16.3. The number of carboxylic acids is 1. The van der Waals surface area contributed by atoms with Gasteiger partial charge in [-0.3, -0.25) is 14.9 Å². The van der Waals surface area contributed by atoms with Crippen LogP contribution in [-0.2, 0) is 4.79 Å². The van der Waals surface area contributed by atoms with E-state index >= 15 is 0 Å². The lowest BCUT2D eigenvalue weighted by atomic mass is 10.1. The first kappa shape index (κ1) is 17.0. The Kier molecular flexibility index (Phi) is 7.10. The van der Waals surface area contributed by atoms with E-state index < -0.39 is 5.97 Å². The first-order chi connectivity index (χ1) is 11.3. The molecule has 0 atom stereocenters. The molecule has 6 heteroatoms. The van der Waals surface area contributed by atoms with E-state index in [1.807, 2.05) is 18.2 Å². The monoisotopic (exact) mass is 317 g/mol. The van der Waals surface area contributed by atoms with Crippen LogP contribution in [0.2, 0.25) is 0 Å². The molecular weight excluding hydrogens is 294 g/mol. The van der Waals surface area contributed by atoms with Gasteiger partial charge in [-0.25, -0.2) is 0 Å². The minimum atomic E-state index is -0.703. The first-order valence-electron chi connectivity index (χ1n) is 8.06. The molecule has 0 aliphatic rings. The number of aromatic amines is 1. The van der Waals surface area contributed by atoms with E-state index in [2.05, 4.69) is 15.2 Å². The Bertz CT molecular complexity index is 567. The summed E-state index contributed by atoms with van der Waals surface area (Å²) in [5.74, 6) is 0.0697. The van der Waals surface area contributed by atoms with Gasteiger partial charge in [0.2, 0.25) is 0 Å². The average molecular weight is 317 g/mol. The van der Waals surface area contributed by atoms with Crippen LogP contribution in [0.1, 0.15) is 44.9 Å². The number of ether oxygens (including phenoxy) is 1. The van der Waals surface area contributed by atoms with Crippen molar-refractivity contribution in [3.05, 3.63) is 30.6 Å². The lowest BCUT2D eigenvalue weighted by Crippen LogP contribution is -1.98. The van der Waals surface area contributed by atoms with Gasteiger partial charge >= 0.3 is 5.97 Å². The number of rotatable bonds is 11. The van der Waals surface area contributed by atoms with Gasteiger partial charge in [-0.05, 0) is 31.0 Å². The van der Waals surface area contributed by atoms with Crippen LogP contribution in [0.15, 0.2) is 30.6 Å². The molecule has 2 N–H and O–H groups in total. The van der Waals surface area contributed by atoms with Crippen LogP contribution in [0.5, 0.6) is 5.75 Å². The molecule has 0 aliphatic heterocycles. The largest absolute Gasteiger partial charge is 0.492 e. The number of unbranched alkanes of at least 4 members (excludes halogenated alkanes) is 5. The quantitative estimate of drug-likeness (QED) is 0.617. The van der Waals surface area contributed by atoms with Gasteiger partial charge < -0.3 is 9.84 Å². The number of aliphatic carboxylic acids is 1. The highest BCUT2D eigenvalue weighted by Gasteiger charge is 2.01. The maximum absolute atomic E-state index is 10.4. The van der Waals surface area contributed by atoms with Crippen molar-refractivity contribution in [3.8, 4) is 17.1 Å². The summed E-state index contributed by atoms with van der Waals surface area (Å²) in [5.41, 5.74) is 1.73. The smallest absolute Gasteiger partial charge is 0.303 e. The van der Waals surface area contributed by atoms with Gasteiger partial charge in [0.05, 0.1) is 24.2 Å². The maximum atomic E-state index is 10.4. The van der Waals surface area contributed by atoms with Gasteiger partial charge in [0.15, 0.2) is 0 Å². The van der Waals surface area contributed by atoms with Crippen LogP contribution in [0.4, 0.5) is 0 Å². The fourth-order valence-corrected chi connectivity index (χ4v) is 2.30. The Hall–Kier alpha value is -2.37. The molecular formula is C17H23N3O3. The van der Waals surface area contributed by atoms with E-state index in [4.69, 9.17) is 9.84 Å². The molecule has 0 radical (unpaired) electrons. The number of hydrogen-bond donors (Lipinski definition) is 2. The highest BCUT2D eigenvalue weighted by molar-refractivity contribution is 5.66. The summed E-state index contributed by atoms with van der Waals surface area (Å²) in [6, 6.07) is 5.69. The number of aromatic nitrogens is 3. The lowest BCUT2D eigenvalue weighted by molar-refractivity contribution is -0.137. The molecule has 2 aromatic rings. The topological polar surface area (TPSA) is 88.1 Å². The molecule has 0 bridgehead atoms. The number of nitrogens with zero attached hydrogens (tertiary/aromatic N) is 2. The number of carbonyl (C=O) groups is 1. The van der Waals surface area contributed by atoms with Gasteiger partial charge in [0.25, 0.3) is 0 Å². The van der Waals surface area contributed by atoms with Crippen LogP contribution in [0.25, 0.3) is 11.4 Å². The second kappa shape index (κ2) is 9.61. The molecule has 0 spiro atoms. The summed E-state index contributed by atoms with van der Waals surface area (Å²) in [5, 5.41) is 15.3. The van der Waals surface area contributed by atoms with Crippen molar-refractivity contribution >= 4 is 5.97 Å². The second-order valence-electron chi connectivity index (χ2n) is 5.46. The molecule has 2 heterocycles. The van der Waals surface area contributed by atoms with E-state index in [-0.39, 0.29) is 6.42 Å². The Labute approximate surface area is 135 Å². The first-order valence-corrected chi connectivity index (χ1v) is 8.06. The molecule has 0 saturated carbocycles. The molecule has 0 amide bonds. The third kappa shape index (κ3) is 6.50. The summed E-state index contributed by atoms with van der Waals surface area (Å²) in [4.78, 5) is 14.7. The number of nitrogens with one attached hydrogen (secondary N) is 1. The fourth-order valence-electron chi connectivity index (χ4n) is 2.30. The van der Waals surface area contributed by atoms with Gasteiger partial charge in [-0.1, -0.05) is 25.7 Å². The zero-order valence-corrected chi connectivity index (χ0v) is 13.2. The minimum Gasteiger partial charge on any atom is -0.492 e. The SMILES string of the molecule is O=C(O)CCCCCCCCOc1ccc(-c2ccn[nH]2)nc1. The molecule has 2 aromatic heterocycles. The number of carboxylic acid groups (broad SMARTS) is 1. The standard InChI is InChI=1S/C17H23N3O3/c21-17(22)7-5-3-1-2-4-6-12-23-14-8-9-15(18-13-14)16-10-11-19-20-16/h8-11,13H,1-7,12H2,(H,19,20)(H,21,22). The zero-order valence-electron chi connectivity index (χ0n) is 13.2. The van der Waals surface area contributed by atoms with E-state index in [9.17, 15) is 4.79 Å². The van der Waals surface area contributed by atoms with Crippen molar-refractivity contribution in [2.45, 2.75) is 44.9 Å². The van der Waals surface area contributed by atoms with Crippen molar-refractivity contribution in [1.82, 2.24) is 15.2 Å². The predicted octanol–water partition coefficient (Wildman–Crippen LogP) is 3.67. The molecule has 0 fully saturated rings. The summed E-state index contributed by atoms with van der Waals surface area (Å²) in [6.45, 7) is 0.681. The van der Waals surface area contributed by atoms with Crippen molar-refractivity contribution in [1.29, 1.82) is 0 Å². The Morgan fingerprint density at radius 1 is 1.09 bits per heavy atom. The average Bonchev–Trinajstić information content (AvgIpc) is 3.08. The fraction of sp³-hybridized carbons (Fsp3) is 0.471. The van der Waals surface area contributed by atoms with Crippen LogP contribution < -0.4 is 4.74 Å². The summed E-state index contributed by atoms with van der Waals surface area (Å²) < 4.78 is 5.67. The highest BCUT2D eigenvalue weighted by atomic mass is 16.5. The maximum Gasteiger partial charge on any atom is 0.303 e. The normalized spacial score (nSPS) is 10.6. The molecule has 23 heavy (non-hydrogen) atoms.